The Balaban J connectivity index is 2.10. The van der Waals surface area contributed by atoms with Crippen molar-refractivity contribution in [3.8, 4) is 0 Å². The van der Waals surface area contributed by atoms with E-state index < -0.39 is 0 Å². The van der Waals surface area contributed by atoms with Crippen LogP contribution in [0.4, 0.5) is 5.69 Å². The van der Waals surface area contributed by atoms with Crippen LogP contribution in [0.2, 0.25) is 0 Å². The Hall–Kier alpha value is -0.870. The van der Waals surface area contributed by atoms with Crippen LogP contribution in [0.15, 0.2) is 22.7 Å². The molecule has 0 spiro atoms. The molecule has 3 nitrogen and oxygen atoms in total. The number of ether oxygens (including phenoxy) is 1. The molecule has 0 aromatic heterocycles. The van der Waals surface area contributed by atoms with Gasteiger partial charge in [0.1, 0.15) is 0 Å². The van der Waals surface area contributed by atoms with Crippen molar-refractivity contribution >= 4 is 27.5 Å². The maximum Gasteiger partial charge on any atom is 0.230 e. The Morgan fingerprint density at radius 2 is 1.95 bits per heavy atom. The van der Waals surface area contributed by atoms with E-state index in [1.165, 1.54) is 0 Å². The van der Waals surface area contributed by atoms with Crippen LogP contribution in [0.25, 0.3) is 0 Å². The van der Waals surface area contributed by atoms with Crippen LogP contribution in [0.3, 0.4) is 0 Å². The summed E-state index contributed by atoms with van der Waals surface area (Å²) < 4.78 is 6.77. The molecule has 104 valence electrons. The predicted molar refractivity (Wildman–Crippen MR) is 80.2 cm³/mol. The van der Waals surface area contributed by atoms with Crippen molar-refractivity contribution in [3.05, 3.63) is 28.2 Å². The standard InChI is InChI=1S/C15H20BrNO2/c1-8-7-12(5-6-13(8)16)17-15(18)14-9(2)10(3)19-11(14)4/h5-7,9-11,14H,1-4H3,(H,17,18). The summed E-state index contributed by atoms with van der Waals surface area (Å²) in [7, 11) is 0. The first-order valence-corrected chi connectivity index (χ1v) is 7.42. The number of amides is 1. The zero-order chi connectivity index (χ0) is 14.2. The van der Waals surface area contributed by atoms with Crippen molar-refractivity contribution in [1.82, 2.24) is 0 Å². The molecule has 4 heteroatoms. The molecule has 19 heavy (non-hydrogen) atoms. The second kappa shape index (κ2) is 5.63. The Morgan fingerprint density at radius 1 is 1.26 bits per heavy atom. The fourth-order valence-corrected chi connectivity index (χ4v) is 2.91. The first-order valence-electron chi connectivity index (χ1n) is 6.62. The number of aryl methyl sites for hydroxylation is 1. The Morgan fingerprint density at radius 3 is 2.47 bits per heavy atom. The maximum absolute atomic E-state index is 12.4. The van der Waals surface area contributed by atoms with E-state index in [1.807, 2.05) is 39.0 Å². The number of hydrogen-bond donors (Lipinski definition) is 1. The summed E-state index contributed by atoms with van der Waals surface area (Å²) in [6.07, 6.45) is 0.110. The van der Waals surface area contributed by atoms with Gasteiger partial charge in [-0.05, 0) is 50.5 Å². The van der Waals surface area contributed by atoms with Gasteiger partial charge in [-0.2, -0.15) is 0 Å². The molecule has 1 heterocycles. The first-order chi connectivity index (χ1) is 8.90. The molecule has 0 saturated carbocycles. The lowest BCUT2D eigenvalue weighted by Gasteiger charge is -2.18. The minimum absolute atomic E-state index is 0.0263. The molecule has 1 aliphatic heterocycles. The van der Waals surface area contributed by atoms with Crippen molar-refractivity contribution in [2.75, 3.05) is 5.32 Å². The van der Waals surface area contributed by atoms with Gasteiger partial charge in [0.15, 0.2) is 0 Å². The molecular weight excluding hydrogens is 306 g/mol. The number of hydrogen-bond acceptors (Lipinski definition) is 2. The number of anilines is 1. The number of carbonyl (C=O) groups excluding carboxylic acids is 1. The molecule has 0 radical (unpaired) electrons. The molecule has 1 N–H and O–H groups in total. The fourth-order valence-electron chi connectivity index (χ4n) is 2.67. The van der Waals surface area contributed by atoms with Gasteiger partial charge in [0.25, 0.3) is 0 Å². The van der Waals surface area contributed by atoms with Gasteiger partial charge in [0, 0.05) is 10.2 Å². The summed E-state index contributed by atoms with van der Waals surface area (Å²) in [5.41, 5.74) is 1.94. The third-order valence-corrected chi connectivity index (χ3v) is 4.86. The van der Waals surface area contributed by atoms with Gasteiger partial charge in [0.2, 0.25) is 5.91 Å². The van der Waals surface area contributed by atoms with E-state index in [0.29, 0.717) is 0 Å². The summed E-state index contributed by atoms with van der Waals surface area (Å²) in [4.78, 5) is 12.4. The summed E-state index contributed by atoms with van der Waals surface area (Å²) in [5, 5.41) is 2.99. The molecule has 1 aromatic carbocycles. The monoisotopic (exact) mass is 325 g/mol. The molecular formula is C15H20BrNO2. The van der Waals surface area contributed by atoms with Gasteiger partial charge in [-0.3, -0.25) is 4.79 Å². The van der Waals surface area contributed by atoms with E-state index in [4.69, 9.17) is 4.74 Å². The van der Waals surface area contributed by atoms with E-state index in [9.17, 15) is 4.79 Å². The van der Waals surface area contributed by atoms with Crippen molar-refractivity contribution < 1.29 is 9.53 Å². The lowest BCUT2D eigenvalue weighted by atomic mass is 9.89. The van der Waals surface area contributed by atoms with Gasteiger partial charge >= 0.3 is 0 Å². The van der Waals surface area contributed by atoms with Crippen molar-refractivity contribution in [3.63, 3.8) is 0 Å². The average Bonchev–Trinajstić information content (AvgIpc) is 2.58. The Bertz CT molecular complexity index is 489. The fraction of sp³-hybridized carbons (Fsp3) is 0.533. The summed E-state index contributed by atoms with van der Waals surface area (Å²) in [5.74, 6) is 0.205. The van der Waals surface area contributed by atoms with E-state index >= 15 is 0 Å². The number of carbonyl (C=O) groups is 1. The molecule has 1 saturated heterocycles. The topological polar surface area (TPSA) is 38.3 Å². The number of rotatable bonds is 2. The lowest BCUT2D eigenvalue weighted by Crippen LogP contribution is -2.31. The van der Waals surface area contributed by atoms with Gasteiger partial charge in [-0.25, -0.2) is 0 Å². The SMILES string of the molecule is Cc1cc(NC(=O)C2C(C)OC(C)C2C)ccc1Br. The maximum atomic E-state index is 12.4. The molecule has 1 fully saturated rings. The van der Waals surface area contributed by atoms with Gasteiger partial charge in [-0.15, -0.1) is 0 Å². The average molecular weight is 326 g/mol. The summed E-state index contributed by atoms with van der Waals surface area (Å²) >= 11 is 3.46. The highest BCUT2D eigenvalue weighted by atomic mass is 79.9. The van der Waals surface area contributed by atoms with Crippen LogP contribution in [0.5, 0.6) is 0 Å². The quantitative estimate of drug-likeness (QED) is 0.899. The Labute approximate surface area is 122 Å². The first kappa shape index (κ1) is 14.5. The predicted octanol–water partition coefficient (Wildman–Crippen LogP) is 3.76. The highest BCUT2D eigenvalue weighted by Crippen LogP contribution is 2.33. The normalized spacial score (nSPS) is 30.4. The van der Waals surface area contributed by atoms with Gasteiger partial charge in [0.05, 0.1) is 18.1 Å². The third kappa shape index (κ3) is 3.00. The largest absolute Gasteiger partial charge is 0.374 e. The lowest BCUT2D eigenvalue weighted by molar-refractivity contribution is -0.121. The molecule has 1 amide bonds. The number of halogens is 1. The molecule has 0 bridgehead atoms. The number of nitrogens with one attached hydrogen (secondary N) is 1. The number of benzene rings is 1. The molecule has 1 aromatic rings. The minimum Gasteiger partial charge on any atom is -0.374 e. The van der Waals surface area contributed by atoms with Crippen molar-refractivity contribution in [2.45, 2.75) is 39.9 Å². The smallest absolute Gasteiger partial charge is 0.230 e. The highest BCUT2D eigenvalue weighted by molar-refractivity contribution is 9.10. The van der Waals surface area contributed by atoms with E-state index in [0.717, 1.165) is 15.7 Å². The summed E-state index contributed by atoms with van der Waals surface area (Å²) in [6.45, 7) is 8.08. The van der Waals surface area contributed by atoms with Crippen LogP contribution in [0, 0.1) is 18.8 Å². The van der Waals surface area contributed by atoms with Crippen LogP contribution >= 0.6 is 15.9 Å². The van der Waals surface area contributed by atoms with Crippen molar-refractivity contribution in [2.24, 2.45) is 11.8 Å². The van der Waals surface area contributed by atoms with Crippen LogP contribution in [-0.2, 0) is 9.53 Å². The van der Waals surface area contributed by atoms with E-state index in [2.05, 4.69) is 28.2 Å². The van der Waals surface area contributed by atoms with Crippen LogP contribution in [-0.4, -0.2) is 18.1 Å². The van der Waals surface area contributed by atoms with Crippen molar-refractivity contribution in [1.29, 1.82) is 0 Å². The van der Waals surface area contributed by atoms with Gasteiger partial charge < -0.3 is 10.1 Å². The zero-order valence-electron chi connectivity index (χ0n) is 11.7. The van der Waals surface area contributed by atoms with Crippen LogP contribution < -0.4 is 5.32 Å². The molecule has 4 atom stereocenters. The second-order valence-electron chi connectivity index (χ2n) is 5.38. The highest BCUT2D eigenvalue weighted by Gasteiger charge is 2.41. The third-order valence-electron chi connectivity index (χ3n) is 3.97. The summed E-state index contributed by atoms with van der Waals surface area (Å²) in [6, 6.07) is 5.83. The Kier molecular flexibility index (Phi) is 4.31. The van der Waals surface area contributed by atoms with Gasteiger partial charge in [-0.1, -0.05) is 22.9 Å². The van der Waals surface area contributed by atoms with E-state index in [1.54, 1.807) is 0 Å². The van der Waals surface area contributed by atoms with Crippen LogP contribution in [0.1, 0.15) is 26.3 Å². The molecule has 1 aliphatic rings. The molecule has 0 aliphatic carbocycles. The van der Waals surface area contributed by atoms with E-state index in [-0.39, 0.29) is 30.0 Å². The molecule has 2 rings (SSSR count). The molecule has 4 unspecified atom stereocenters. The minimum atomic E-state index is -0.0843. The second-order valence-corrected chi connectivity index (χ2v) is 6.24. The zero-order valence-corrected chi connectivity index (χ0v) is 13.3.